The van der Waals surface area contributed by atoms with Crippen molar-refractivity contribution in [2.75, 3.05) is 13.2 Å². The van der Waals surface area contributed by atoms with E-state index in [4.69, 9.17) is 16.3 Å². The molecule has 2 aromatic rings. The monoisotopic (exact) mass is 306 g/mol. The molecule has 5 heteroatoms. The van der Waals surface area contributed by atoms with Gasteiger partial charge in [0.25, 0.3) is 0 Å². The van der Waals surface area contributed by atoms with Gasteiger partial charge in [0.1, 0.15) is 18.5 Å². The fourth-order valence-electron chi connectivity index (χ4n) is 1.84. The first-order valence-corrected chi connectivity index (χ1v) is 7.19. The van der Waals surface area contributed by atoms with Crippen LogP contribution in [0.25, 0.3) is 0 Å². The molecule has 0 fully saturated rings. The van der Waals surface area contributed by atoms with Gasteiger partial charge in [-0.25, -0.2) is 0 Å². The van der Waals surface area contributed by atoms with Gasteiger partial charge < -0.3 is 15.2 Å². The number of ether oxygens (including phenoxy) is 1. The molecule has 1 aromatic heterocycles. The number of nitrogens with one attached hydrogen (secondary N) is 1. The molecule has 0 aliphatic carbocycles. The van der Waals surface area contributed by atoms with Gasteiger partial charge in [-0.15, -0.1) is 0 Å². The first kappa shape index (κ1) is 15.8. The van der Waals surface area contributed by atoms with E-state index >= 15 is 0 Å². The van der Waals surface area contributed by atoms with Gasteiger partial charge in [-0.2, -0.15) is 0 Å². The molecule has 0 aliphatic rings. The van der Waals surface area contributed by atoms with Crippen LogP contribution in [0, 0.1) is 6.92 Å². The van der Waals surface area contributed by atoms with Crippen LogP contribution in [0.5, 0.6) is 5.75 Å². The highest BCUT2D eigenvalue weighted by molar-refractivity contribution is 6.31. The van der Waals surface area contributed by atoms with E-state index in [9.17, 15) is 5.11 Å². The lowest BCUT2D eigenvalue weighted by molar-refractivity contribution is 0.106. The number of pyridine rings is 1. The van der Waals surface area contributed by atoms with Crippen LogP contribution in [-0.4, -0.2) is 29.3 Å². The lowest BCUT2D eigenvalue weighted by atomic mass is 10.2. The zero-order valence-corrected chi connectivity index (χ0v) is 12.7. The molecule has 1 heterocycles. The third-order valence-corrected chi connectivity index (χ3v) is 3.45. The van der Waals surface area contributed by atoms with Crippen molar-refractivity contribution < 1.29 is 9.84 Å². The number of hydrogen-bond acceptors (Lipinski definition) is 4. The van der Waals surface area contributed by atoms with E-state index in [0.717, 1.165) is 11.1 Å². The Morgan fingerprint density at radius 1 is 1.29 bits per heavy atom. The number of benzene rings is 1. The van der Waals surface area contributed by atoms with Gasteiger partial charge in [0.15, 0.2) is 0 Å². The van der Waals surface area contributed by atoms with E-state index in [1.807, 2.05) is 25.1 Å². The molecule has 1 aromatic carbocycles. The molecule has 2 rings (SSSR count). The summed E-state index contributed by atoms with van der Waals surface area (Å²) in [4.78, 5) is 3.96. The van der Waals surface area contributed by atoms with Crippen molar-refractivity contribution >= 4 is 11.6 Å². The SMILES string of the molecule is Cc1cc(OCC(O)CNCc2ccncc2)ccc1Cl. The predicted molar refractivity (Wildman–Crippen MR) is 83.6 cm³/mol. The van der Waals surface area contributed by atoms with E-state index in [2.05, 4.69) is 10.3 Å². The van der Waals surface area contributed by atoms with Crippen molar-refractivity contribution in [3.63, 3.8) is 0 Å². The number of halogens is 1. The third-order valence-electron chi connectivity index (χ3n) is 3.03. The van der Waals surface area contributed by atoms with Crippen molar-refractivity contribution in [3.05, 3.63) is 58.9 Å². The zero-order valence-electron chi connectivity index (χ0n) is 11.9. The highest BCUT2D eigenvalue weighted by Crippen LogP contribution is 2.21. The summed E-state index contributed by atoms with van der Waals surface area (Å²) in [6, 6.07) is 9.32. The minimum atomic E-state index is -0.567. The van der Waals surface area contributed by atoms with Crippen LogP contribution < -0.4 is 10.1 Å². The Morgan fingerprint density at radius 2 is 2.05 bits per heavy atom. The molecule has 0 bridgehead atoms. The molecule has 0 radical (unpaired) electrons. The summed E-state index contributed by atoms with van der Waals surface area (Å²) >= 11 is 5.95. The van der Waals surface area contributed by atoms with E-state index in [1.165, 1.54) is 0 Å². The summed E-state index contributed by atoms with van der Waals surface area (Å²) in [6.45, 7) is 3.32. The van der Waals surface area contributed by atoms with E-state index in [-0.39, 0.29) is 6.61 Å². The number of nitrogens with zero attached hydrogens (tertiary/aromatic N) is 1. The Bertz CT molecular complexity index is 563. The second kappa shape index (κ2) is 7.98. The molecule has 0 aliphatic heterocycles. The fourth-order valence-corrected chi connectivity index (χ4v) is 1.96. The Labute approximate surface area is 129 Å². The van der Waals surface area contributed by atoms with Crippen LogP contribution in [0.2, 0.25) is 5.02 Å². The average Bonchev–Trinajstić information content (AvgIpc) is 2.49. The van der Waals surface area contributed by atoms with E-state index in [0.29, 0.717) is 23.9 Å². The van der Waals surface area contributed by atoms with Crippen molar-refractivity contribution in [1.29, 1.82) is 0 Å². The highest BCUT2D eigenvalue weighted by Gasteiger charge is 2.06. The van der Waals surface area contributed by atoms with Crippen LogP contribution in [0.15, 0.2) is 42.7 Å². The average molecular weight is 307 g/mol. The topological polar surface area (TPSA) is 54.4 Å². The largest absolute Gasteiger partial charge is 0.491 e. The standard InChI is InChI=1S/C16H19ClN2O2/c1-12-8-15(2-3-16(12)17)21-11-14(20)10-19-9-13-4-6-18-7-5-13/h2-8,14,19-20H,9-11H2,1H3. The highest BCUT2D eigenvalue weighted by atomic mass is 35.5. The van der Waals surface area contributed by atoms with Gasteiger partial charge in [0.2, 0.25) is 0 Å². The Balaban J connectivity index is 1.69. The van der Waals surface area contributed by atoms with Crippen LogP contribution in [-0.2, 0) is 6.54 Å². The molecule has 0 spiro atoms. The molecule has 0 saturated heterocycles. The van der Waals surface area contributed by atoms with Crippen molar-refractivity contribution in [1.82, 2.24) is 10.3 Å². The van der Waals surface area contributed by atoms with Crippen LogP contribution in [0.1, 0.15) is 11.1 Å². The number of aliphatic hydroxyl groups excluding tert-OH is 1. The van der Waals surface area contributed by atoms with Gasteiger partial charge in [-0.05, 0) is 48.4 Å². The minimum absolute atomic E-state index is 0.240. The second-order valence-electron chi connectivity index (χ2n) is 4.86. The first-order valence-electron chi connectivity index (χ1n) is 6.82. The molecule has 112 valence electrons. The maximum atomic E-state index is 9.89. The molecule has 4 nitrogen and oxygen atoms in total. The quantitative estimate of drug-likeness (QED) is 0.825. The predicted octanol–water partition coefficient (Wildman–Crippen LogP) is 2.57. The molecular weight excluding hydrogens is 288 g/mol. The van der Waals surface area contributed by atoms with E-state index in [1.54, 1.807) is 24.5 Å². The summed E-state index contributed by atoms with van der Waals surface area (Å²) in [7, 11) is 0. The number of aliphatic hydroxyl groups is 1. The van der Waals surface area contributed by atoms with Gasteiger partial charge in [-0.1, -0.05) is 11.6 Å². The number of hydrogen-bond donors (Lipinski definition) is 2. The molecule has 2 N–H and O–H groups in total. The molecule has 0 amide bonds. The number of aromatic nitrogens is 1. The van der Waals surface area contributed by atoms with Gasteiger partial charge in [-0.3, -0.25) is 4.98 Å². The fraction of sp³-hybridized carbons (Fsp3) is 0.312. The van der Waals surface area contributed by atoms with Crippen molar-refractivity contribution in [2.24, 2.45) is 0 Å². The minimum Gasteiger partial charge on any atom is -0.491 e. The van der Waals surface area contributed by atoms with E-state index < -0.39 is 6.10 Å². The summed E-state index contributed by atoms with van der Waals surface area (Å²) in [5.74, 6) is 0.713. The Morgan fingerprint density at radius 3 is 2.76 bits per heavy atom. The third kappa shape index (κ3) is 5.34. The summed E-state index contributed by atoms with van der Waals surface area (Å²) in [5.41, 5.74) is 2.09. The smallest absolute Gasteiger partial charge is 0.119 e. The Hall–Kier alpha value is -1.62. The first-order chi connectivity index (χ1) is 10.1. The van der Waals surface area contributed by atoms with Crippen molar-refractivity contribution in [3.8, 4) is 5.75 Å². The maximum Gasteiger partial charge on any atom is 0.119 e. The molecule has 1 unspecified atom stereocenters. The normalized spacial score (nSPS) is 12.1. The van der Waals surface area contributed by atoms with Gasteiger partial charge in [0, 0.05) is 30.5 Å². The second-order valence-corrected chi connectivity index (χ2v) is 5.27. The van der Waals surface area contributed by atoms with Crippen LogP contribution in [0.4, 0.5) is 0 Å². The molecule has 21 heavy (non-hydrogen) atoms. The summed E-state index contributed by atoms with van der Waals surface area (Å²) in [5, 5.41) is 13.8. The molecular formula is C16H19ClN2O2. The van der Waals surface area contributed by atoms with Crippen LogP contribution in [0.3, 0.4) is 0 Å². The lowest BCUT2D eigenvalue weighted by Crippen LogP contribution is -2.31. The Kier molecular flexibility index (Phi) is 5.99. The summed E-state index contributed by atoms with van der Waals surface area (Å²) < 4.78 is 5.55. The molecule has 0 saturated carbocycles. The maximum absolute atomic E-state index is 9.89. The number of aryl methyl sites for hydroxylation is 1. The van der Waals surface area contributed by atoms with Gasteiger partial charge in [0.05, 0.1) is 0 Å². The van der Waals surface area contributed by atoms with Crippen molar-refractivity contribution in [2.45, 2.75) is 19.6 Å². The lowest BCUT2D eigenvalue weighted by Gasteiger charge is -2.14. The zero-order chi connectivity index (χ0) is 15.1. The van der Waals surface area contributed by atoms with Gasteiger partial charge >= 0.3 is 0 Å². The van der Waals surface area contributed by atoms with Crippen LogP contribution >= 0.6 is 11.6 Å². The summed E-state index contributed by atoms with van der Waals surface area (Å²) in [6.07, 6.45) is 2.93. The number of rotatable bonds is 7. The molecule has 1 atom stereocenters.